The van der Waals surface area contributed by atoms with Gasteiger partial charge in [-0.2, -0.15) is 0 Å². The van der Waals surface area contributed by atoms with Crippen molar-refractivity contribution < 1.29 is 19.1 Å². The van der Waals surface area contributed by atoms with E-state index < -0.39 is 12.1 Å². The summed E-state index contributed by atoms with van der Waals surface area (Å²) in [5.74, 6) is -0.350. The van der Waals surface area contributed by atoms with Crippen molar-refractivity contribution in [1.82, 2.24) is 10.2 Å². The van der Waals surface area contributed by atoms with Gasteiger partial charge in [-0.1, -0.05) is 0 Å². The van der Waals surface area contributed by atoms with Crippen LogP contribution in [-0.2, 0) is 4.79 Å². The van der Waals surface area contributed by atoms with E-state index in [1.807, 2.05) is 0 Å². The van der Waals surface area contributed by atoms with E-state index >= 15 is 0 Å². The van der Waals surface area contributed by atoms with Gasteiger partial charge in [0.25, 0.3) is 0 Å². The van der Waals surface area contributed by atoms with Crippen molar-refractivity contribution in [2.24, 2.45) is 0 Å². The van der Waals surface area contributed by atoms with Crippen LogP contribution in [0.5, 0.6) is 0 Å². The zero-order chi connectivity index (χ0) is 15.2. The van der Waals surface area contributed by atoms with E-state index in [0.717, 1.165) is 6.42 Å². The number of hydrogen-bond acceptors (Lipinski definition) is 3. The van der Waals surface area contributed by atoms with Crippen LogP contribution in [0.4, 0.5) is 14.9 Å². The molecule has 1 unspecified atom stereocenters. The van der Waals surface area contributed by atoms with Crippen LogP contribution in [0.1, 0.15) is 12.8 Å². The number of nitrogens with one attached hydrogen (secondary N) is 2. The van der Waals surface area contributed by atoms with E-state index in [0.29, 0.717) is 18.7 Å². The Kier molecular flexibility index (Phi) is 5.10. The van der Waals surface area contributed by atoms with E-state index in [1.165, 1.54) is 24.3 Å². The maximum Gasteiger partial charge on any atom is 0.319 e. The molecule has 3 amide bonds. The normalized spacial score (nSPS) is 15.9. The molecule has 0 spiro atoms. The summed E-state index contributed by atoms with van der Waals surface area (Å²) in [6.45, 7) is 0.907. The fraction of sp³-hybridized carbons (Fsp3) is 0.429. The average molecular weight is 295 g/mol. The summed E-state index contributed by atoms with van der Waals surface area (Å²) in [6.07, 6.45) is 0.515. The van der Waals surface area contributed by atoms with Gasteiger partial charge in [0.15, 0.2) is 0 Å². The van der Waals surface area contributed by atoms with Gasteiger partial charge in [0.2, 0.25) is 5.91 Å². The van der Waals surface area contributed by atoms with E-state index in [1.54, 1.807) is 4.90 Å². The highest BCUT2D eigenvalue weighted by atomic mass is 19.1. The molecule has 1 aromatic rings. The number of carbonyl (C=O) groups is 2. The molecular formula is C14H18FN3O3. The summed E-state index contributed by atoms with van der Waals surface area (Å²) in [7, 11) is 0. The van der Waals surface area contributed by atoms with Crippen molar-refractivity contribution in [3.05, 3.63) is 30.1 Å². The first-order valence-corrected chi connectivity index (χ1v) is 6.81. The number of aliphatic hydroxyl groups excluding tert-OH is 1. The van der Waals surface area contributed by atoms with Crippen molar-refractivity contribution in [2.75, 3.05) is 25.0 Å². The number of rotatable bonds is 5. The third-order valence-electron chi connectivity index (χ3n) is 3.20. The Morgan fingerprint density at radius 2 is 2.10 bits per heavy atom. The third kappa shape index (κ3) is 4.71. The molecule has 0 saturated carbocycles. The first-order chi connectivity index (χ1) is 10.0. The van der Waals surface area contributed by atoms with Crippen LogP contribution in [-0.4, -0.2) is 47.7 Å². The number of amides is 3. The average Bonchev–Trinajstić information content (AvgIpc) is 2.85. The van der Waals surface area contributed by atoms with Crippen LogP contribution < -0.4 is 10.6 Å². The number of aliphatic hydroxyl groups is 1. The highest BCUT2D eigenvalue weighted by molar-refractivity contribution is 5.89. The van der Waals surface area contributed by atoms with Crippen LogP contribution in [0.15, 0.2) is 24.3 Å². The number of likely N-dealkylation sites (tertiary alicyclic amines) is 1. The van der Waals surface area contributed by atoms with Crippen molar-refractivity contribution in [2.45, 2.75) is 18.9 Å². The largest absolute Gasteiger partial charge is 0.389 e. The van der Waals surface area contributed by atoms with Crippen molar-refractivity contribution >= 4 is 17.6 Å². The molecule has 114 valence electrons. The fourth-order valence-electron chi connectivity index (χ4n) is 2.14. The van der Waals surface area contributed by atoms with Gasteiger partial charge in [-0.15, -0.1) is 0 Å². The summed E-state index contributed by atoms with van der Waals surface area (Å²) in [6, 6.07) is 4.86. The van der Waals surface area contributed by atoms with E-state index in [4.69, 9.17) is 0 Å². The molecule has 1 aliphatic rings. The summed E-state index contributed by atoms with van der Waals surface area (Å²) in [4.78, 5) is 24.6. The Morgan fingerprint density at radius 1 is 1.38 bits per heavy atom. The molecular weight excluding hydrogens is 277 g/mol. The number of benzene rings is 1. The van der Waals surface area contributed by atoms with Crippen LogP contribution in [0.3, 0.4) is 0 Å². The highest BCUT2D eigenvalue weighted by Crippen LogP contribution is 2.10. The molecule has 1 aromatic carbocycles. The summed E-state index contributed by atoms with van der Waals surface area (Å²) < 4.78 is 12.7. The van der Waals surface area contributed by atoms with Crippen LogP contribution in [0.2, 0.25) is 0 Å². The molecule has 0 bridgehead atoms. The molecule has 0 aliphatic carbocycles. The molecule has 3 N–H and O–H groups in total. The summed E-state index contributed by atoms with van der Waals surface area (Å²) in [5, 5.41) is 14.8. The molecule has 7 heteroatoms. The lowest BCUT2D eigenvalue weighted by Gasteiger charge is -2.20. The molecule has 1 aliphatic heterocycles. The summed E-state index contributed by atoms with van der Waals surface area (Å²) >= 11 is 0. The lowest BCUT2D eigenvalue weighted by molar-refractivity contribution is -0.128. The van der Waals surface area contributed by atoms with Gasteiger partial charge in [-0.25, -0.2) is 9.18 Å². The highest BCUT2D eigenvalue weighted by Gasteiger charge is 2.22. The first kappa shape index (κ1) is 15.2. The quantitative estimate of drug-likeness (QED) is 0.756. The number of hydrogen-bond donors (Lipinski definition) is 3. The van der Waals surface area contributed by atoms with Crippen molar-refractivity contribution in [1.29, 1.82) is 0 Å². The zero-order valence-corrected chi connectivity index (χ0v) is 11.5. The second-order valence-corrected chi connectivity index (χ2v) is 4.94. The topological polar surface area (TPSA) is 81.7 Å². The number of nitrogens with zero attached hydrogens (tertiary/aromatic N) is 1. The molecule has 2 rings (SSSR count). The summed E-state index contributed by atoms with van der Waals surface area (Å²) in [5.41, 5.74) is 0.457. The maximum absolute atomic E-state index is 12.7. The first-order valence-electron chi connectivity index (χ1n) is 6.81. The van der Waals surface area contributed by atoms with E-state index in [-0.39, 0.29) is 24.8 Å². The Bertz CT molecular complexity index is 507. The number of urea groups is 1. The Morgan fingerprint density at radius 3 is 2.71 bits per heavy atom. The minimum Gasteiger partial charge on any atom is -0.389 e. The van der Waals surface area contributed by atoms with Gasteiger partial charge >= 0.3 is 6.03 Å². The zero-order valence-electron chi connectivity index (χ0n) is 11.5. The molecule has 6 nitrogen and oxygen atoms in total. The van der Waals surface area contributed by atoms with Gasteiger partial charge in [0, 0.05) is 31.7 Å². The predicted octanol–water partition coefficient (Wildman–Crippen LogP) is 0.930. The lowest BCUT2D eigenvalue weighted by atomic mass is 10.3. The van der Waals surface area contributed by atoms with Crippen LogP contribution >= 0.6 is 0 Å². The van der Waals surface area contributed by atoms with Crippen molar-refractivity contribution in [3.8, 4) is 0 Å². The Hall–Kier alpha value is -2.15. The monoisotopic (exact) mass is 295 g/mol. The number of anilines is 1. The molecule has 1 saturated heterocycles. The standard InChI is InChI=1S/C14H18FN3O3/c15-10-3-5-11(6-4-10)17-14(21)16-8-12(19)9-18-7-1-2-13(18)20/h3-6,12,19H,1-2,7-9H2,(H2,16,17,21). The van der Waals surface area contributed by atoms with Crippen LogP contribution in [0.25, 0.3) is 0 Å². The van der Waals surface area contributed by atoms with E-state index in [2.05, 4.69) is 10.6 Å². The Balaban J connectivity index is 1.70. The van der Waals surface area contributed by atoms with Crippen LogP contribution in [0, 0.1) is 5.82 Å². The lowest BCUT2D eigenvalue weighted by Crippen LogP contribution is -2.41. The SMILES string of the molecule is O=C(NCC(O)CN1CCCC1=O)Nc1ccc(F)cc1. The van der Waals surface area contributed by atoms with E-state index in [9.17, 15) is 19.1 Å². The van der Waals surface area contributed by atoms with Gasteiger partial charge in [-0.05, 0) is 30.7 Å². The molecule has 1 fully saturated rings. The Labute approximate surface area is 121 Å². The predicted molar refractivity (Wildman–Crippen MR) is 75.2 cm³/mol. The number of β-amino-alcohol motifs (C(OH)–C–C–N with tert-alkyl or cyclic N) is 1. The molecule has 0 radical (unpaired) electrons. The second-order valence-electron chi connectivity index (χ2n) is 4.94. The second kappa shape index (κ2) is 7.03. The number of halogens is 1. The van der Waals surface area contributed by atoms with Gasteiger partial charge in [0.1, 0.15) is 5.82 Å². The smallest absolute Gasteiger partial charge is 0.319 e. The third-order valence-corrected chi connectivity index (χ3v) is 3.20. The molecule has 21 heavy (non-hydrogen) atoms. The number of carbonyl (C=O) groups excluding carboxylic acids is 2. The van der Waals surface area contributed by atoms with Gasteiger partial charge < -0.3 is 20.6 Å². The van der Waals surface area contributed by atoms with Gasteiger partial charge in [-0.3, -0.25) is 4.79 Å². The van der Waals surface area contributed by atoms with Crippen molar-refractivity contribution in [3.63, 3.8) is 0 Å². The molecule has 0 aromatic heterocycles. The van der Waals surface area contributed by atoms with Gasteiger partial charge in [0.05, 0.1) is 6.10 Å². The minimum atomic E-state index is -0.814. The molecule has 1 atom stereocenters. The fourth-order valence-corrected chi connectivity index (χ4v) is 2.14. The minimum absolute atomic E-state index is 0.0322. The molecule has 1 heterocycles. The maximum atomic E-state index is 12.7.